The Hall–Kier alpha value is 0. The maximum atomic E-state index is 4.01. The van der Waals surface area contributed by atoms with Gasteiger partial charge in [-0.25, -0.2) is 0 Å². The molecule has 0 aromatic carbocycles. The minimum atomic E-state index is 0.952. The molecule has 1 atom stereocenters. The van der Waals surface area contributed by atoms with Crippen molar-refractivity contribution in [1.82, 2.24) is 0 Å². The van der Waals surface area contributed by atoms with Crippen molar-refractivity contribution in [2.24, 2.45) is 5.92 Å². The Kier molecular flexibility index (Phi) is 25.0. The Bertz CT molecular complexity index is 257. The molecule has 0 heterocycles. The van der Waals surface area contributed by atoms with E-state index in [4.69, 9.17) is 0 Å². The van der Waals surface area contributed by atoms with Crippen LogP contribution in [-0.2, 0) is 0 Å². The molecule has 28 heavy (non-hydrogen) atoms. The molecule has 0 rings (SSSR count). The van der Waals surface area contributed by atoms with Crippen molar-refractivity contribution in [3.8, 4) is 0 Å². The Labute approximate surface area is 181 Å². The summed E-state index contributed by atoms with van der Waals surface area (Å²) in [7, 11) is 0. The lowest BCUT2D eigenvalue weighted by molar-refractivity contribution is 0.413. The van der Waals surface area contributed by atoms with Crippen LogP contribution in [0.5, 0.6) is 0 Å². The van der Waals surface area contributed by atoms with Crippen molar-refractivity contribution in [1.29, 1.82) is 0 Å². The van der Waals surface area contributed by atoms with Gasteiger partial charge in [0.25, 0.3) is 0 Å². The minimum Gasteiger partial charge on any atom is -0.0654 e. The zero-order valence-corrected chi connectivity index (χ0v) is 20.3. The summed E-state index contributed by atoms with van der Waals surface area (Å²) in [6.45, 7) is 8.65. The summed E-state index contributed by atoms with van der Waals surface area (Å²) in [5.74, 6) is 0.952. The molecular weight excluding hydrogens is 336 g/mol. The van der Waals surface area contributed by atoms with Gasteiger partial charge in [0.1, 0.15) is 0 Å². The molecule has 0 spiro atoms. The molecule has 0 fully saturated rings. The highest BCUT2D eigenvalue weighted by Gasteiger charge is 2.04. The normalized spacial score (nSPS) is 12.5. The van der Waals surface area contributed by atoms with Gasteiger partial charge in [-0.05, 0) is 5.92 Å². The smallest absolute Gasteiger partial charge is 0.0417 e. The number of rotatable bonds is 24. The Morgan fingerprint density at radius 3 is 1.04 bits per heavy atom. The quantitative estimate of drug-likeness (QED) is 0.143. The van der Waals surface area contributed by atoms with Crippen LogP contribution in [0, 0.1) is 12.8 Å². The van der Waals surface area contributed by atoms with E-state index in [1.807, 2.05) is 0 Å². The number of unbranched alkanes of at least 4 members (excludes halogenated alkanes) is 19. The molecular formula is C28H57. The van der Waals surface area contributed by atoms with Gasteiger partial charge in [-0.15, -0.1) is 0 Å². The predicted molar refractivity (Wildman–Crippen MR) is 131 cm³/mol. The highest BCUT2D eigenvalue weighted by Crippen LogP contribution is 2.20. The molecule has 0 bridgehead atoms. The molecule has 0 aliphatic rings. The first-order valence-electron chi connectivity index (χ1n) is 13.6. The van der Waals surface area contributed by atoms with Crippen LogP contribution in [0.4, 0.5) is 0 Å². The van der Waals surface area contributed by atoms with Crippen molar-refractivity contribution in [2.45, 2.75) is 168 Å². The monoisotopic (exact) mass is 393 g/mol. The van der Waals surface area contributed by atoms with Gasteiger partial charge >= 0.3 is 0 Å². The average molecular weight is 394 g/mol. The second kappa shape index (κ2) is 25.0. The highest BCUT2D eigenvalue weighted by molar-refractivity contribution is 4.59. The first kappa shape index (κ1) is 28.0. The fourth-order valence-corrected chi connectivity index (χ4v) is 4.53. The highest BCUT2D eigenvalue weighted by atomic mass is 14.1. The third-order valence-corrected chi connectivity index (χ3v) is 6.66. The van der Waals surface area contributed by atoms with E-state index in [9.17, 15) is 0 Å². The molecule has 0 aliphatic carbocycles. The van der Waals surface area contributed by atoms with Crippen molar-refractivity contribution < 1.29 is 0 Å². The molecule has 0 aromatic heterocycles. The molecule has 0 nitrogen and oxygen atoms in total. The summed E-state index contributed by atoms with van der Waals surface area (Å²) < 4.78 is 0. The van der Waals surface area contributed by atoms with Gasteiger partial charge in [-0.1, -0.05) is 175 Å². The lowest BCUT2D eigenvalue weighted by Gasteiger charge is -2.12. The first-order valence-corrected chi connectivity index (χ1v) is 13.6. The summed E-state index contributed by atoms with van der Waals surface area (Å²) in [6.07, 6.45) is 34.7. The van der Waals surface area contributed by atoms with Gasteiger partial charge in [0.15, 0.2) is 0 Å². The zero-order valence-electron chi connectivity index (χ0n) is 20.3. The van der Waals surface area contributed by atoms with Crippen LogP contribution in [0.3, 0.4) is 0 Å². The van der Waals surface area contributed by atoms with Crippen LogP contribution in [0.15, 0.2) is 0 Å². The van der Waals surface area contributed by atoms with Gasteiger partial charge in [0, 0.05) is 0 Å². The minimum absolute atomic E-state index is 0.952. The fraction of sp³-hybridized carbons (Fsp3) is 0.964. The molecule has 1 radical (unpaired) electrons. The molecule has 0 aliphatic heterocycles. The summed E-state index contributed by atoms with van der Waals surface area (Å²) in [5, 5.41) is 0. The van der Waals surface area contributed by atoms with E-state index in [-0.39, 0.29) is 0 Å². The third kappa shape index (κ3) is 22.3. The first-order chi connectivity index (χ1) is 13.8. The van der Waals surface area contributed by atoms with Crippen LogP contribution < -0.4 is 0 Å². The Morgan fingerprint density at radius 1 is 0.429 bits per heavy atom. The van der Waals surface area contributed by atoms with E-state index in [1.165, 1.54) is 148 Å². The van der Waals surface area contributed by atoms with E-state index in [0.717, 1.165) is 12.3 Å². The Balaban J connectivity index is 3.07. The molecule has 0 saturated heterocycles. The average Bonchev–Trinajstić information content (AvgIpc) is 2.71. The maximum Gasteiger partial charge on any atom is -0.0417 e. The Morgan fingerprint density at radius 2 is 0.750 bits per heavy atom. The van der Waals surface area contributed by atoms with E-state index in [1.54, 1.807) is 0 Å². The van der Waals surface area contributed by atoms with Crippen LogP contribution in [0.1, 0.15) is 168 Å². The molecule has 1 unspecified atom stereocenters. The second-order valence-electron chi connectivity index (χ2n) is 9.42. The largest absolute Gasteiger partial charge is 0.0654 e. The standard InChI is InChI=1S/C28H57/c1-4-7-8-9-10-11-12-13-14-15-16-17-18-19-20-21-22-23-24-25-27-28(6-3)26-5-2/h28H,2,4-27H2,1,3H3. The fourth-order valence-electron chi connectivity index (χ4n) is 4.53. The molecule has 0 saturated carbocycles. The number of hydrogen-bond donors (Lipinski definition) is 0. The zero-order chi connectivity index (χ0) is 20.5. The van der Waals surface area contributed by atoms with Gasteiger partial charge < -0.3 is 0 Å². The summed E-state index contributed by atoms with van der Waals surface area (Å²) >= 11 is 0. The summed E-state index contributed by atoms with van der Waals surface area (Å²) in [4.78, 5) is 0. The third-order valence-electron chi connectivity index (χ3n) is 6.66. The van der Waals surface area contributed by atoms with E-state index in [2.05, 4.69) is 20.8 Å². The van der Waals surface area contributed by atoms with E-state index in [0.29, 0.717) is 0 Å². The molecule has 0 heteroatoms. The predicted octanol–water partition coefficient (Wildman–Crippen LogP) is 10.8. The van der Waals surface area contributed by atoms with E-state index >= 15 is 0 Å². The van der Waals surface area contributed by atoms with Gasteiger partial charge in [0.05, 0.1) is 0 Å². The summed E-state index contributed by atoms with van der Waals surface area (Å²) in [5.41, 5.74) is 0. The maximum absolute atomic E-state index is 4.01. The van der Waals surface area contributed by atoms with Crippen LogP contribution in [-0.4, -0.2) is 0 Å². The van der Waals surface area contributed by atoms with Crippen molar-refractivity contribution in [3.63, 3.8) is 0 Å². The van der Waals surface area contributed by atoms with Crippen molar-refractivity contribution >= 4 is 0 Å². The second-order valence-corrected chi connectivity index (χ2v) is 9.42. The van der Waals surface area contributed by atoms with Crippen molar-refractivity contribution in [3.05, 3.63) is 6.92 Å². The summed E-state index contributed by atoms with van der Waals surface area (Å²) in [6, 6.07) is 0. The van der Waals surface area contributed by atoms with E-state index < -0.39 is 0 Å². The van der Waals surface area contributed by atoms with Crippen LogP contribution >= 0.6 is 0 Å². The van der Waals surface area contributed by atoms with Gasteiger partial charge in [-0.2, -0.15) is 0 Å². The topological polar surface area (TPSA) is 0 Å². The number of hydrogen-bond acceptors (Lipinski definition) is 0. The molecule has 0 amide bonds. The van der Waals surface area contributed by atoms with Crippen LogP contribution in [0.2, 0.25) is 0 Å². The lowest BCUT2D eigenvalue weighted by atomic mass is 9.94. The molecule has 0 N–H and O–H groups in total. The molecule has 169 valence electrons. The van der Waals surface area contributed by atoms with Gasteiger partial charge in [0.2, 0.25) is 0 Å². The van der Waals surface area contributed by atoms with Crippen molar-refractivity contribution in [2.75, 3.05) is 0 Å². The molecule has 0 aromatic rings. The van der Waals surface area contributed by atoms with Gasteiger partial charge in [-0.3, -0.25) is 0 Å². The lowest BCUT2D eigenvalue weighted by Crippen LogP contribution is -1.98. The van der Waals surface area contributed by atoms with Crippen LogP contribution in [0.25, 0.3) is 0 Å². The SMILES string of the molecule is [CH2]CCC(CC)CCCCCCCCCCCCCCCCCCCCCC.